The van der Waals surface area contributed by atoms with Crippen molar-refractivity contribution in [3.05, 3.63) is 35.4 Å². The van der Waals surface area contributed by atoms with Gasteiger partial charge in [0, 0.05) is 5.56 Å². The molecule has 1 aromatic rings. The largest absolute Gasteiger partial charge is 0.309 e. The molecule has 1 aliphatic rings. The van der Waals surface area contributed by atoms with Crippen LogP contribution in [0.2, 0.25) is 0 Å². The number of benzene rings is 1. The van der Waals surface area contributed by atoms with Crippen LogP contribution in [0.4, 0.5) is 0 Å². The molecular formula is C14H17N. The fourth-order valence-electron chi connectivity index (χ4n) is 1.91. The van der Waals surface area contributed by atoms with E-state index in [0.717, 1.165) is 12.5 Å². The summed E-state index contributed by atoms with van der Waals surface area (Å²) in [5.74, 6) is 7.15. The maximum Gasteiger partial charge on any atom is 0.0577 e. The lowest BCUT2D eigenvalue weighted by Crippen LogP contribution is -2.10. The minimum absolute atomic E-state index is 0.763. The van der Waals surface area contributed by atoms with Gasteiger partial charge in [-0.15, -0.1) is 0 Å². The van der Waals surface area contributed by atoms with Gasteiger partial charge in [-0.25, -0.2) is 0 Å². The van der Waals surface area contributed by atoms with Gasteiger partial charge in [0.05, 0.1) is 6.54 Å². The quantitative estimate of drug-likeness (QED) is 0.722. The molecule has 0 spiro atoms. The van der Waals surface area contributed by atoms with Crippen LogP contribution in [0.25, 0.3) is 0 Å². The zero-order valence-electron chi connectivity index (χ0n) is 9.22. The zero-order valence-corrected chi connectivity index (χ0v) is 9.22. The van der Waals surface area contributed by atoms with Crippen LogP contribution >= 0.6 is 0 Å². The fourth-order valence-corrected chi connectivity index (χ4v) is 1.91. The Labute approximate surface area is 91.9 Å². The van der Waals surface area contributed by atoms with Crippen LogP contribution in [0.15, 0.2) is 24.3 Å². The fraction of sp³-hybridized carbons (Fsp3) is 0.429. The average molecular weight is 199 g/mol. The molecule has 1 fully saturated rings. The number of nitrogens with one attached hydrogen (secondary N) is 1. The highest BCUT2D eigenvalue weighted by Crippen LogP contribution is 2.37. The second kappa shape index (κ2) is 5.00. The number of hydrogen-bond acceptors (Lipinski definition) is 1. The summed E-state index contributed by atoms with van der Waals surface area (Å²) in [6, 6.07) is 8.56. The van der Waals surface area contributed by atoms with Crippen molar-refractivity contribution in [2.75, 3.05) is 13.6 Å². The van der Waals surface area contributed by atoms with E-state index in [1.807, 2.05) is 7.05 Å². The van der Waals surface area contributed by atoms with E-state index in [4.69, 9.17) is 0 Å². The predicted molar refractivity (Wildman–Crippen MR) is 63.8 cm³/mol. The van der Waals surface area contributed by atoms with Crippen LogP contribution < -0.4 is 5.32 Å². The molecule has 0 atom stereocenters. The van der Waals surface area contributed by atoms with Gasteiger partial charge in [-0.2, -0.15) is 0 Å². The third kappa shape index (κ3) is 2.40. The van der Waals surface area contributed by atoms with Gasteiger partial charge in [-0.1, -0.05) is 36.5 Å². The molecular weight excluding hydrogens is 182 g/mol. The lowest BCUT2D eigenvalue weighted by molar-refractivity contribution is 0.419. The first-order valence-electron chi connectivity index (χ1n) is 5.64. The Bertz CT molecular complexity index is 380. The van der Waals surface area contributed by atoms with Gasteiger partial charge in [0.2, 0.25) is 0 Å². The Morgan fingerprint density at radius 1 is 1.33 bits per heavy atom. The summed E-state index contributed by atoms with van der Waals surface area (Å²) >= 11 is 0. The highest BCUT2D eigenvalue weighted by molar-refractivity contribution is 5.43. The Hall–Kier alpha value is -1.26. The summed E-state index contributed by atoms with van der Waals surface area (Å²) in [6.45, 7) is 0.763. The molecule has 1 aromatic carbocycles. The molecule has 0 radical (unpaired) electrons. The summed E-state index contributed by atoms with van der Waals surface area (Å²) in [5.41, 5.74) is 2.67. The van der Waals surface area contributed by atoms with Crippen molar-refractivity contribution >= 4 is 0 Å². The molecule has 0 amide bonds. The van der Waals surface area contributed by atoms with Crippen LogP contribution in [0.1, 0.15) is 36.3 Å². The lowest BCUT2D eigenvalue weighted by Gasteiger charge is -2.26. The molecule has 0 unspecified atom stereocenters. The number of hydrogen-bond donors (Lipinski definition) is 1. The van der Waals surface area contributed by atoms with Crippen molar-refractivity contribution in [1.82, 2.24) is 5.32 Å². The molecule has 0 aliphatic heterocycles. The van der Waals surface area contributed by atoms with Gasteiger partial charge in [0.1, 0.15) is 0 Å². The van der Waals surface area contributed by atoms with E-state index in [1.54, 1.807) is 0 Å². The van der Waals surface area contributed by atoms with Crippen molar-refractivity contribution < 1.29 is 0 Å². The van der Waals surface area contributed by atoms with Crippen molar-refractivity contribution in [3.63, 3.8) is 0 Å². The molecule has 0 saturated heterocycles. The van der Waals surface area contributed by atoms with Gasteiger partial charge in [-0.05, 0) is 37.4 Å². The average Bonchev–Trinajstić information content (AvgIpc) is 2.18. The molecule has 1 saturated carbocycles. The summed E-state index contributed by atoms with van der Waals surface area (Å²) in [5, 5.41) is 3.04. The van der Waals surface area contributed by atoms with Crippen molar-refractivity contribution in [2.45, 2.75) is 25.2 Å². The minimum atomic E-state index is 0.763. The maximum absolute atomic E-state index is 3.25. The summed E-state index contributed by atoms with van der Waals surface area (Å²) in [4.78, 5) is 0. The first kappa shape index (κ1) is 10.3. The van der Waals surface area contributed by atoms with Crippen LogP contribution in [-0.4, -0.2) is 13.6 Å². The van der Waals surface area contributed by atoms with E-state index in [-0.39, 0.29) is 0 Å². The Morgan fingerprint density at radius 3 is 2.80 bits per heavy atom. The molecule has 1 heteroatoms. The molecule has 15 heavy (non-hydrogen) atoms. The van der Waals surface area contributed by atoms with Gasteiger partial charge in [0.15, 0.2) is 0 Å². The molecule has 78 valence electrons. The van der Waals surface area contributed by atoms with Crippen LogP contribution in [0.3, 0.4) is 0 Å². The van der Waals surface area contributed by atoms with Gasteiger partial charge < -0.3 is 5.32 Å². The SMILES string of the molecule is CNCC#Cc1ccccc1C1CCC1. The normalized spacial score (nSPS) is 15.3. The molecule has 0 bridgehead atoms. The predicted octanol–water partition coefficient (Wildman–Crippen LogP) is 2.53. The number of rotatable bonds is 2. The molecule has 2 rings (SSSR count). The topological polar surface area (TPSA) is 12.0 Å². The standard InChI is InChI=1S/C14H17N/c1-15-11-5-9-12-6-2-3-10-14(12)13-7-4-8-13/h2-3,6,10,13,15H,4,7-8,11H2,1H3. The monoisotopic (exact) mass is 199 g/mol. The third-order valence-electron chi connectivity index (χ3n) is 2.99. The van der Waals surface area contributed by atoms with E-state index >= 15 is 0 Å². The van der Waals surface area contributed by atoms with E-state index in [1.165, 1.54) is 30.4 Å². The smallest absolute Gasteiger partial charge is 0.0577 e. The van der Waals surface area contributed by atoms with E-state index < -0.39 is 0 Å². The molecule has 1 N–H and O–H groups in total. The minimum Gasteiger partial charge on any atom is -0.309 e. The third-order valence-corrected chi connectivity index (χ3v) is 2.99. The Kier molecular flexibility index (Phi) is 3.42. The van der Waals surface area contributed by atoms with E-state index in [9.17, 15) is 0 Å². The highest BCUT2D eigenvalue weighted by Gasteiger charge is 2.20. The van der Waals surface area contributed by atoms with Crippen LogP contribution in [-0.2, 0) is 0 Å². The summed E-state index contributed by atoms with van der Waals surface area (Å²) in [6.07, 6.45) is 4.05. The van der Waals surface area contributed by atoms with E-state index in [0.29, 0.717) is 0 Å². The second-order valence-corrected chi connectivity index (χ2v) is 4.05. The molecule has 0 heterocycles. The van der Waals surface area contributed by atoms with Crippen molar-refractivity contribution in [3.8, 4) is 11.8 Å². The zero-order chi connectivity index (χ0) is 10.5. The lowest BCUT2D eigenvalue weighted by atomic mass is 9.78. The molecule has 1 aliphatic carbocycles. The van der Waals surface area contributed by atoms with Gasteiger partial charge in [0.25, 0.3) is 0 Å². The van der Waals surface area contributed by atoms with Gasteiger partial charge >= 0.3 is 0 Å². The van der Waals surface area contributed by atoms with Crippen molar-refractivity contribution in [2.24, 2.45) is 0 Å². The first-order chi connectivity index (χ1) is 7.42. The van der Waals surface area contributed by atoms with Crippen molar-refractivity contribution in [1.29, 1.82) is 0 Å². The maximum atomic E-state index is 3.25. The van der Waals surface area contributed by atoms with Gasteiger partial charge in [-0.3, -0.25) is 0 Å². The summed E-state index contributed by atoms with van der Waals surface area (Å²) < 4.78 is 0. The van der Waals surface area contributed by atoms with Crippen LogP contribution in [0.5, 0.6) is 0 Å². The Balaban J connectivity index is 2.18. The molecule has 1 nitrogen and oxygen atoms in total. The van der Waals surface area contributed by atoms with E-state index in [2.05, 4.69) is 41.4 Å². The first-order valence-corrected chi connectivity index (χ1v) is 5.64. The second-order valence-electron chi connectivity index (χ2n) is 4.05. The Morgan fingerprint density at radius 2 is 2.13 bits per heavy atom. The highest BCUT2D eigenvalue weighted by atomic mass is 14.8. The summed E-state index contributed by atoms with van der Waals surface area (Å²) in [7, 11) is 1.92. The van der Waals surface area contributed by atoms with Crippen LogP contribution in [0, 0.1) is 11.8 Å². The molecule has 0 aromatic heterocycles.